The van der Waals surface area contributed by atoms with Crippen molar-refractivity contribution >= 4 is 51.0 Å². The number of fused-ring (bicyclic) bond motifs is 2. The number of carbonyl (C=O) groups excluding carboxylic acids is 2. The molecule has 2 aromatic carbocycles. The first-order valence-electron chi connectivity index (χ1n) is 14.9. The predicted octanol–water partition coefficient (Wildman–Crippen LogP) is 3.96. The van der Waals surface area contributed by atoms with Crippen LogP contribution in [0, 0.1) is 6.92 Å². The molecule has 12 heteroatoms. The summed E-state index contributed by atoms with van der Waals surface area (Å²) < 4.78 is 1.91. The van der Waals surface area contributed by atoms with Gasteiger partial charge in [0.05, 0.1) is 25.4 Å². The summed E-state index contributed by atoms with van der Waals surface area (Å²) in [7, 11) is 0.285. The van der Waals surface area contributed by atoms with Crippen LogP contribution in [0.5, 0.6) is 0 Å². The van der Waals surface area contributed by atoms with Crippen molar-refractivity contribution in [1.29, 1.82) is 0 Å². The molecule has 3 aromatic rings. The molecule has 44 heavy (non-hydrogen) atoms. The van der Waals surface area contributed by atoms with Crippen LogP contribution in [0.15, 0.2) is 66.2 Å². The standard InChI is InChI=1S/C32H40N8O3S/c1-5-28(42)38-18-20-44(4,27-8-6-7-23(2)29(27)38)40-22-24-21-33-31(35-30(24)39(17-19-41)32(40)43)34-25-9-11-26(12-10-25)37-15-13-36(3)14-16-37/h5-12,21,41H,1,13-20,22H2,2-4H3,(H,33,34,35). The second kappa shape index (κ2) is 12.1. The quantitative estimate of drug-likeness (QED) is 0.385. The molecule has 0 saturated carbocycles. The zero-order chi connectivity index (χ0) is 31.0. The number of likely N-dealkylation sites (N-methyl/N-ethyl adjacent to an activating group) is 1. The van der Waals surface area contributed by atoms with E-state index in [1.807, 2.05) is 41.6 Å². The number of β-amino-alcohol motifs (C(OH)–C–C–N with tert-alkyl or cyclic N) is 1. The molecule has 0 spiro atoms. The van der Waals surface area contributed by atoms with Gasteiger partial charge in [0.2, 0.25) is 11.9 Å². The Labute approximate surface area is 260 Å². The minimum Gasteiger partial charge on any atom is -0.395 e. The Morgan fingerprint density at radius 3 is 2.57 bits per heavy atom. The summed E-state index contributed by atoms with van der Waals surface area (Å²) in [5.41, 5.74) is 4.67. The number of nitrogens with zero attached hydrogens (tertiary/aromatic N) is 7. The molecular weight excluding hydrogens is 576 g/mol. The number of aromatic nitrogens is 2. The maximum atomic E-state index is 14.2. The molecule has 0 radical (unpaired) electrons. The highest BCUT2D eigenvalue weighted by Gasteiger charge is 2.44. The first kappa shape index (κ1) is 29.9. The fourth-order valence-electron chi connectivity index (χ4n) is 6.20. The van der Waals surface area contributed by atoms with Gasteiger partial charge in [-0.2, -0.15) is 4.98 Å². The molecule has 3 aliphatic rings. The van der Waals surface area contributed by atoms with Gasteiger partial charge in [0, 0.05) is 66.5 Å². The maximum absolute atomic E-state index is 14.2. The molecule has 0 aliphatic carbocycles. The number of nitrogens with one attached hydrogen (secondary N) is 1. The lowest BCUT2D eigenvalue weighted by Gasteiger charge is -2.54. The fourth-order valence-corrected chi connectivity index (χ4v) is 9.34. The number of amides is 3. The summed E-state index contributed by atoms with van der Waals surface area (Å²) in [4.78, 5) is 45.4. The number of hydrogen-bond donors (Lipinski definition) is 2. The molecule has 1 atom stereocenters. The van der Waals surface area contributed by atoms with E-state index in [1.165, 1.54) is 11.8 Å². The lowest BCUT2D eigenvalue weighted by molar-refractivity contribution is -0.114. The lowest BCUT2D eigenvalue weighted by atomic mass is 10.1. The number of aliphatic hydroxyl groups excluding tert-OH is 1. The third-order valence-corrected chi connectivity index (χ3v) is 12.3. The Kier molecular flexibility index (Phi) is 8.23. The molecule has 1 unspecified atom stereocenters. The van der Waals surface area contributed by atoms with E-state index in [9.17, 15) is 14.7 Å². The molecule has 2 N–H and O–H groups in total. The normalized spacial score (nSPS) is 21.8. The lowest BCUT2D eigenvalue weighted by Crippen LogP contribution is -2.52. The number of rotatable bonds is 7. The van der Waals surface area contributed by atoms with Crippen LogP contribution in [0.1, 0.15) is 11.1 Å². The highest BCUT2D eigenvalue weighted by atomic mass is 32.3. The first-order valence-corrected chi connectivity index (χ1v) is 17.1. The topological polar surface area (TPSA) is 108 Å². The largest absolute Gasteiger partial charge is 0.395 e. The maximum Gasteiger partial charge on any atom is 0.335 e. The predicted molar refractivity (Wildman–Crippen MR) is 177 cm³/mol. The van der Waals surface area contributed by atoms with Crippen molar-refractivity contribution in [1.82, 2.24) is 19.2 Å². The van der Waals surface area contributed by atoms with E-state index in [0.717, 1.165) is 53.6 Å². The number of benzene rings is 2. The molecule has 3 aliphatic heterocycles. The van der Waals surface area contributed by atoms with Crippen LogP contribution in [0.3, 0.4) is 0 Å². The number of urea groups is 1. The van der Waals surface area contributed by atoms with Crippen molar-refractivity contribution in [3.05, 3.63) is 72.4 Å². The van der Waals surface area contributed by atoms with E-state index in [4.69, 9.17) is 4.98 Å². The summed E-state index contributed by atoms with van der Waals surface area (Å²) in [6, 6.07) is 14.0. The third kappa shape index (κ3) is 5.37. The van der Waals surface area contributed by atoms with Crippen LogP contribution in [-0.2, 0) is 11.3 Å². The molecule has 4 heterocycles. The Morgan fingerprint density at radius 1 is 1.11 bits per heavy atom. The average molecular weight is 617 g/mol. The number of aryl methyl sites for hydroxylation is 1. The molecule has 0 bridgehead atoms. The summed E-state index contributed by atoms with van der Waals surface area (Å²) in [6.07, 6.45) is 5.23. The number of hydrogen-bond acceptors (Lipinski definition) is 8. The van der Waals surface area contributed by atoms with Crippen molar-refractivity contribution in [3.63, 3.8) is 0 Å². The van der Waals surface area contributed by atoms with E-state index in [-0.39, 0.29) is 25.1 Å². The van der Waals surface area contributed by atoms with Gasteiger partial charge in [0.25, 0.3) is 0 Å². The Bertz CT molecular complexity index is 1580. The number of para-hydroxylation sites is 1. The fraction of sp³-hybridized carbons (Fsp3) is 0.375. The van der Waals surface area contributed by atoms with E-state index in [0.29, 0.717) is 30.6 Å². The summed E-state index contributed by atoms with van der Waals surface area (Å²) in [5, 5.41) is 13.3. The average Bonchev–Trinajstić information content (AvgIpc) is 3.03. The van der Waals surface area contributed by atoms with Gasteiger partial charge in [-0.1, -0.05) is 18.7 Å². The van der Waals surface area contributed by atoms with Crippen LogP contribution in [-0.4, -0.2) is 101 Å². The second-order valence-electron chi connectivity index (χ2n) is 11.6. The molecule has 6 rings (SSSR count). The van der Waals surface area contributed by atoms with Crippen LogP contribution in [0.4, 0.5) is 33.6 Å². The van der Waals surface area contributed by atoms with Gasteiger partial charge in [-0.25, -0.2) is 9.78 Å². The van der Waals surface area contributed by atoms with Crippen LogP contribution < -0.4 is 20.0 Å². The molecule has 1 aromatic heterocycles. The highest BCUT2D eigenvalue weighted by molar-refractivity contribution is 8.31. The van der Waals surface area contributed by atoms with Gasteiger partial charge in [0.1, 0.15) is 5.82 Å². The number of carbonyl (C=O) groups is 2. The van der Waals surface area contributed by atoms with E-state index in [2.05, 4.69) is 52.1 Å². The molecular formula is C32H40N8O3S. The van der Waals surface area contributed by atoms with Crippen molar-refractivity contribution < 1.29 is 14.7 Å². The smallest absolute Gasteiger partial charge is 0.335 e. The van der Waals surface area contributed by atoms with Crippen molar-refractivity contribution in [3.8, 4) is 0 Å². The third-order valence-electron chi connectivity index (χ3n) is 8.75. The second-order valence-corrected chi connectivity index (χ2v) is 14.9. The Balaban J connectivity index is 1.27. The van der Waals surface area contributed by atoms with Crippen molar-refractivity contribution in [2.75, 3.05) is 84.9 Å². The number of anilines is 5. The zero-order valence-electron chi connectivity index (χ0n) is 25.6. The molecule has 232 valence electrons. The summed E-state index contributed by atoms with van der Waals surface area (Å²) in [6.45, 7) is 10.5. The molecule has 3 amide bonds. The van der Waals surface area contributed by atoms with Crippen LogP contribution in [0.2, 0.25) is 0 Å². The number of piperazine rings is 1. The summed E-state index contributed by atoms with van der Waals surface area (Å²) in [5.74, 6) is 1.36. The van der Waals surface area contributed by atoms with Gasteiger partial charge in [0.15, 0.2) is 0 Å². The van der Waals surface area contributed by atoms with Gasteiger partial charge in [-0.3, -0.25) is 14.0 Å². The minimum atomic E-state index is -1.86. The zero-order valence-corrected chi connectivity index (χ0v) is 26.4. The van der Waals surface area contributed by atoms with E-state index >= 15 is 0 Å². The molecule has 11 nitrogen and oxygen atoms in total. The van der Waals surface area contributed by atoms with E-state index in [1.54, 1.807) is 16.0 Å². The van der Waals surface area contributed by atoms with Gasteiger partial charge >= 0.3 is 6.03 Å². The SMILES string of the molecule is C=CC(=O)N1CCS(C)(N2Cc3cnc(Nc4ccc(N5CCN(C)CC5)cc4)nc3N(CCO)C2=O)c2cccc(C)c21. The summed E-state index contributed by atoms with van der Waals surface area (Å²) >= 11 is 0. The van der Waals surface area contributed by atoms with Gasteiger partial charge in [-0.05, 0) is 62.2 Å². The number of aliphatic hydroxyl groups is 1. The van der Waals surface area contributed by atoms with Crippen molar-refractivity contribution in [2.24, 2.45) is 0 Å². The first-order chi connectivity index (χ1) is 21.2. The minimum absolute atomic E-state index is 0.107. The monoisotopic (exact) mass is 616 g/mol. The molecule has 1 fully saturated rings. The van der Waals surface area contributed by atoms with Crippen LogP contribution >= 0.6 is 10.2 Å². The van der Waals surface area contributed by atoms with Gasteiger partial charge in [-0.15, -0.1) is 10.2 Å². The Hall–Kier alpha value is -4.13. The van der Waals surface area contributed by atoms with Crippen LogP contribution in [0.25, 0.3) is 0 Å². The highest BCUT2D eigenvalue weighted by Crippen LogP contribution is 2.63. The molecule has 1 saturated heterocycles. The van der Waals surface area contributed by atoms with Crippen molar-refractivity contribution in [2.45, 2.75) is 18.4 Å². The van der Waals surface area contributed by atoms with Gasteiger partial charge < -0.3 is 25.1 Å². The Morgan fingerprint density at radius 2 is 1.86 bits per heavy atom. The van der Waals surface area contributed by atoms with E-state index < -0.39 is 10.2 Å².